The number of carbonyl (C=O) groups is 1. The lowest BCUT2D eigenvalue weighted by Crippen LogP contribution is -2.49. The van der Waals surface area contributed by atoms with Crippen molar-refractivity contribution < 1.29 is 9.72 Å². The van der Waals surface area contributed by atoms with Crippen LogP contribution in [0.15, 0.2) is 22.7 Å². The van der Waals surface area contributed by atoms with E-state index < -0.39 is 4.92 Å². The molecule has 20 heavy (non-hydrogen) atoms. The molecule has 0 aromatic heterocycles. The molecule has 1 aliphatic rings. The number of nitro groups is 1. The van der Waals surface area contributed by atoms with Crippen molar-refractivity contribution in [3.8, 4) is 0 Å². The maximum Gasteiger partial charge on any atom is 0.270 e. The second-order valence-electron chi connectivity index (χ2n) is 4.95. The Bertz CT molecular complexity index is 536. The number of benzene rings is 1. The maximum absolute atomic E-state index is 12.2. The van der Waals surface area contributed by atoms with Crippen molar-refractivity contribution in [1.82, 2.24) is 5.32 Å². The van der Waals surface area contributed by atoms with Crippen molar-refractivity contribution in [1.29, 1.82) is 0 Å². The van der Waals surface area contributed by atoms with E-state index in [0.717, 1.165) is 25.7 Å². The average molecular weight is 342 g/mol. The van der Waals surface area contributed by atoms with Crippen LogP contribution in [0.2, 0.25) is 0 Å². The number of hydrogen-bond acceptors (Lipinski definition) is 4. The van der Waals surface area contributed by atoms with Gasteiger partial charge in [-0.15, -0.1) is 0 Å². The Labute approximate surface area is 125 Å². The summed E-state index contributed by atoms with van der Waals surface area (Å²) in [5.41, 5.74) is 6.14. The van der Waals surface area contributed by atoms with Crippen LogP contribution in [0.4, 0.5) is 5.69 Å². The number of non-ortho nitro benzene ring substituents is 1. The fourth-order valence-electron chi connectivity index (χ4n) is 2.39. The fourth-order valence-corrected chi connectivity index (χ4v) is 2.81. The first-order valence-electron chi connectivity index (χ1n) is 6.49. The van der Waals surface area contributed by atoms with Gasteiger partial charge in [0.1, 0.15) is 0 Å². The number of nitrogens with two attached hydrogens (primary N) is 1. The van der Waals surface area contributed by atoms with Gasteiger partial charge in [-0.25, -0.2) is 0 Å². The van der Waals surface area contributed by atoms with Gasteiger partial charge in [0.15, 0.2) is 0 Å². The van der Waals surface area contributed by atoms with E-state index in [4.69, 9.17) is 5.73 Å². The molecule has 0 aliphatic heterocycles. The molecule has 2 atom stereocenters. The maximum atomic E-state index is 12.2. The van der Waals surface area contributed by atoms with Crippen molar-refractivity contribution in [3.63, 3.8) is 0 Å². The van der Waals surface area contributed by atoms with Crippen LogP contribution in [-0.2, 0) is 0 Å². The van der Waals surface area contributed by atoms with Crippen LogP contribution in [0.25, 0.3) is 0 Å². The second-order valence-corrected chi connectivity index (χ2v) is 5.80. The zero-order valence-electron chi connectivity index (χ0n) is 10.8. The number of nitro benzene ring substituents is 1. The van der Waals surface area contributed by atoms with Gasteiger partial charge in [-0.2, -0.15) is 0 Å². The lowest BCUT2D eigenvalue weighted by molar-refractivity contribution is -0.384. The summed E-state index contributed by atoms with van der Waals surface area (Å²) in [4.78, 5) is 22.5. The molecule has 1 aromatic rings. The minimum atomic E-state index is -0.518. The zero-order valence-corrected chi connectivity index (χ0v) is 12.4. The van der Waals surface area contributed by atoms with Gasteiger partial charge in [-0.05, 0) is 34.8 Å². The summed E-state index contributed by atoms with van der Waals surface area (Å²) in [5.74, 6) is -0.331. The summed E-state index contributed by atoms with van der Waals surface area (Å²) in [7, 11) is 0. The summed E-state index contributed by atoms with van der Waals surface area (Å²) < 4.78 is 0.532. The van der Waals surface area contributed by atoms with E-state index in [1.807, 2.05) is 0 Å². The monoisotopic (exact) mass is 341 g/mol. The van der Waals surface area contributed by atoms with Gasteiger partial charge in [-0.1, -0.05) is 12.8 Å². The number of amides is 1. The van der Waals surface area contributed by atoms with E-state index in [2.05, 4.69) is 21.2 Å². The normalized spacial score (nSPS) is 22.3. The SMILES string of the molecule is N[C@@H]1CCCC[C@H]1NC(=O)c1cc([N+](=O)[O-])ccc1Br. The van der Waals surface area contributed by atoms with Crippen molar-refractivity contribution in [2.24, 2.45) is 5.73 Å². The summed E-state index contributed by atoms with van der Waals surface area (Å²) in [6.07, 6.45) is 3.85. The van der Waals surface area contributed by atoms with Crippen LogP contribution in [0.5, 0.6) is 0 Å². The lowest BCUT2D eigenvalue weighted by atomic mass is 9.91. The van der Waals surface area contributed by atoms with Gasteiger partial charge in [-0.3, -0.25) is 14.9 Å². The summed E-state index contributed by atoms with van der Waals surface area (Å²) in [6.45, 7) is 0. The standard InChI is InChI=1S/C13H16BrN3O3/c14-10-6-5-8(17(19)20)7-9(10)13(18)16-12-4-2-1-3-11(12)15/h5-7,11-12H,1-4,15H2,(H,16,18)/t11-,12-/m1/s1. The highest BCUT2D eigenvalue weighted by atomic mass is 79.9. The molecule has 6 nitrogen and oxygen atoms in total. The Balaban J connectivity index is 2.16. The van der Waals surface area contributed by atoms with Crippen LogP contribution in [0.1, 0.15) is 36.0 Å². The Hall–Kier alpha value is -1.47. The number of nitrogens with zero attached hydrogens (tertiary/aromatic N) is 1. The summed E-state index contributed by atoms with van der Waals surface area (Å²) in [6, 6.07) is 4.02. The third kappa shape index (κ3) is 3.34. The highest BCUT2D eigenvalue weighted by Crippen LogP contribution is 2.23. The molecular formula is C13H16BrN3O3. The van der Waals surface area contributed by atoms with Crippen molar-refractivity contribution in [2.75, 3.05) is 0 Å². The van der Waals surface area contributed by atoms with E-state index >= 15 is 0 Å². The first-order chi connectivity index (χ1) is 9.49. The molecule has 3 N–H and O–H groups in total. The predicted octanol–water partition coefficient (Wildman–Crippen LogP) is 2.36. The molecule has 0 bridgehead atoms. The number of halogens is 1. The van der Waals surface area contributed by atoms with E-state index in [9.17, 15) is 14.9 Å². The first-order valence-corrected chi connectivity index (χ1v) is 7.28. The minimum Gasteiger partial charge on any atom is -0.348 e. The molecule has 7 heteroatoms. The van der Waals surface area contributed by atoms with E-state index in [1.165, 1.54) is 18.2 Å². The Kier molecular flexibility index (Phi) is 4.72. The first kappa shape index (κ1) is 14.9. The van der Waals surface area contributed by atoms with E-state index in [0.29, 0.717) is 4.47 Å². The molecular weight excluding hydrogens is 326 g/mol. The number of rotatable bonds is 3. The van der Waals surface area contributed by atoms with Crippen LogP contribution in [-0.4, -0.2) is 22.9 Å². The average Bonchev–Trinajstić information content (AvgIpc) is 2.41. The topological polar surface area (TPSA) is 98.3 Å². The van der Waals surface area contributed by atoms with Crippen LogP contribution in [0, 0.1) is 10.1 Å². The number of hydrogen-bond donors (Lipinski definition) is 2. The third-order valence-corrected chi connectivity index (χ3v) is 4.23. The molecule has 1 saturated carbocycles. The fraction of sp³-hybridized carbons (Fsp3) is 0.462. The third-order valence-electron chi connectivity index (χ3n) is 3.54. The molecule has 108 valence electrons. The molecule has 1 amide bonds. The second kappa shape index (κ2) is 6.32. The van der Waals surface area contributed by atoms with Crippen LogP contribution in [0.3, 0.4) is 0 Å². The van der Waals surface area contributed by atoms with Crippen molar-refractivity contribution in [3.05, 3.63) is 38.3 Å². The Morgan fingerprint density at radius 1 is 1.40 bits per heavy atom. The molecule has 1 fully saturated rings. The molecule has 1 aliphatic carbocycles. The Morgan fingerprint density at radius 2 is 2.10 bits per heavy atom. The minimum absolute atomic E-state index is 0.0508. The van der Waals surface area contributed by atoms with Gasteiger partial charge >= 0.3 is 0 Å². The van der Waals surface area contributed by atoms with Crippen molar-refractivity contribution in [2.45, 2.75) is 37.8 Å². The molecule has 0 saturated heterocycles. The predicted molar refractivity (Wildman–Crippen MR) is 78.5 cm³/mol. The highest BCUT2D eigenvalue weighted by Gasteiger charge is 2.25. The Morgan fingerprint density at radius 3 is 2.75 bits per heavy atom. The van der Waals surface area contributed by atoms with Crippen molar-refractivity contribution >= 4 is 27.5 Å². The summed E-state index contributed by atoms with van der Waals surface area (Å²) >= 11 is 3.25. The number of carbonyl (C=O) groups excluding carboxylic acids is 1. The van der Waals surface area contributed by atoms with Gasteiger partial charge in [0.25, 0.3) is 11.6 Å². The molecule has 2 rings (SSSR count). The quantitative estimate of drug-likeness (QED) is 0.651. The van der Waals surface area contributed by atoms with Gasteiger partial charge in [0, 0.05) is 28.7 Å². The highest BCUT2D eigenvalue weighted by molar-refractivity contribution is 9.10. The molecule has 0 radical (unpaired) electrons. The number of nitrogens with one attached hydrogen (secondary N) is 1. The molecule has 0 unspecified atom stereocenters. The largest absolute Gasteiger partial charge is 0.348 e. The van der Waals surface area contributed by atoms with Crippen LogP contribution >= 0.6 is 15.9 Å². The lowest BCUT2D eigenvalue weighted by Gasteiger charge is -2.29. The molecule has 0 spiro atoms. The molecule has 1 aromatic carbocycles. The zero-order chi connectivity index (χ0) is 14.7. The van der Waals surface area contributed by atoms with Gasteiger partial charge in [0.2, 0.25) is 0 Å². The smallest absolute Gasteiger partial charge is 0.270 e. The van der Waals surface area contributed by atoms with E-state index in [-0.39, 0.29) is 29.2 Å². The van der Waals surface area contributed by atoms with Crippen LogP contribution < -0.4 is 11.1 Å². The molecule has 0 heterocycles. The van der Waals surface area contributed by atoms with Gasteiger partial charge < -0.3 is 11.1 Å². The van der Waals surface area contributed by atoms with E-state index in [1.54, 1.807) is 0 Å². The van der Waals surface area contributed by atoms with Gasteiger partial charge in [0.05, 0.1) is 10.5 Å². The summed E-state index contributed by atoms with van der Waals surface area (Å²) in [5, 5.41) is 13.6.